The van der Waals surface area contributed by atoms with Crippen molar-refractivity contribution in [3.05, 3.63) is 23.8 Å². The number of hydrogen-bond donors (Lipinski definition) is 2. The van der Waals surface area contributed by atoms with Crippen LogP contribution in [0.2, 0.25) is 0 Å². The van der Waals surface area contributed by atoms with Gasteiger partial charge in [-0.2, -0.15) is 0 Å². The highest BCUT2D eigenvalue weighted by Gasteiger charge is 2.18. The normalized spacial score (nSPS) is 13.9. The summed E-state index contributed by atoms with van der Waals surface area (Å²) < 4.78 is 10.4. The maximum atomic E-state index is 10.8. The molecule has 0 saturated carbocycles. The standard InChI is InChI=1S/C11H13NO4.ClH/c12-5-8(11(13)14)3-7-1-2-9-10(4-7)16-6-15-9;/h1-2,4,8H,3,5-6,12H2,(H,13,14);1H. The molecular weight excluding hydrogens is 246 g/mol. The molecule has 0 aliphatic carbocycles. The number of fused-ring (bicyclic) bond motifs is 1. The lowest BCUT2D eigenvalue weighted by Gasteiger charge is -2.09. The van der Waals surface area contributed by atoms with Gasteiger partial charge in [0.05, 0.1) is 5.92 Å². The molecule has 1 atom stereocenters. The molecular formula is C11H14ClNO4. The zero-order chi connectivity index (χ0) is 11.5. The van der Waals surface area contributed by atoms with Crippen LogP contribution in [0.4, 0.5) is 0 Å². The van der Waals surface area contributed by atoms with E-state index in [1.54, 1.807) is 12.1 Å². The lowest BCUT2D eigenvalue weighted by molar-refractivity contribution is -0.141. The van der Waals surface area contributed by atoms with E-state index in [1.165, 1.54) is 0 Å². The van der Waals surface area contributed by atoms with Crippen LogP contribution in [0, 0.1) is 5.92 Å². The van der Waals surface area contributed by atoms with E-state index >= 15 is 0 Å². The molecule has 17 heavy (non-hydrogen) atoms. The summed E-state index contributed by atoms with van der Waals surface area (Å²) in [5.74, 6) is -0.0671. The van der Waals surface area contributed by atoms with Crippen LogP contribution in [-0.4, -0.2) is 24.4 Å². The fourth-order valence-corrected chi connectivity index (χ4v) is 1.62. The number of ether oxygens (including phenoxy) is 2. The molecule has 3 N–H and O–H groups in total. The molecule has 0 amide bonds. The number of hydrogen-bond acceptors (Lipinski definition) is 4. The summed E-state index contributed by atoms with van der Waals surface area (Å²) in [4.78, 5) is 10.8. The van der Waals surface area contributed by atoms with Crippen molar-refractivity contribution < 1.29 is 19.4 Å². The summed E-state index contributed by atoms with van der Waals surface area (Å²) in [5, 5.41) is 8.89. The number of carboxylic acids is 1. The van der Waals surface area contributed by atoms with Crippen molar-refractivity contribution in [3.8, 4) is 11.5 Å². The number of carbonyl (C=O) groups is 1. The highest BCUT2D eigenvalue weighted by molar-refractivity contribution is 5.85. The SMILES string of the molecule is Cl.NCC(Cc1ccc2c(c1)OCO2)C(=O)O. The first-order valence-electron chi connectivity index (χ1n) is 5.02. The molecule has 0 radical (unpaired) electrons. The third-order valence-electron chi connectivity index (χ3n) is 2.55. The molecule has 1 aromatic carbocycles. The fourth-order valence-electron chi connectivity index (χ4n) is 1.62. The Morgan fingerprint density at radius 1 is 1.41 bits per heavy atom. The third kappa shape index (κ3) is 3.01. The zero-order valence-corrected chi connectivity index (χ0v) is 9.90. The van der Waals surface area contributed by atoms with Gasteiger partial charge in [-0.3, -0.25) is 4.79 Å². The number of carboxylic acid groups (broad SMARTS) is 1. The molecule has 0 spiro atoms. The van der Waals surface area contributed by atoms with Crippen LogP contribution in [0.3, 0.4) is 0 Å². The summed E-state index contributed by atoms with van der Waals surface area (Å²) >= 11 is 0. The predicted octanol–water partition coefficient (Wildman–Crippen LogP) is 1.04. The first kappa shape index (κ1) is 13.6. The third-order valence-corrected chi connectivity index (χ3v) is 2.55. The molecule has 0 bridgehead atoms. The van der Waals surface area contributed by atoms with Crippen LogP contribution in [0.1, 0.15) is 5.56 Å². The minimum absolute atomic E-state index is 0. The molecule has 1 aromatic rings. The van der Waals surface area contributed by atoms with E-state index in [9.17, 15) is 4.79 Å². The highest BCUT2D eigenvalue weighted by atomic mass is 35.5. The molecule has 5 nitrogen and oxygen atoms in total. The van der Waals surface area contributed by atoms with E-state index < -0.39 is 11.9 Å². The van der Waals surface area contributed by atoms with Crippen molar-refractivity contribution in [2.24, 2.45) is 11.7 Å². The van der Waals surface area contributed by atoms with E-state index in [0.717, 1.165) is 5.56 Å². The minimum Gasteiger partial charge on any atom is -0.481 e. The quantitative estimate of drug-likeness (QED) is 0.844. The number of halogens is 1. The maximum absolute atomic E-state index is 10.8. The molecule has 2 rings (SSSR count). The van der Waals surface area contributed by atoms with Gasteiger partial charge in [0.15, 0.2) is 11.5 Å². The average Bonchev–Trinajstić information content (AvgIpc) is 2.72. The molecule has 0 fully saturated rings. The zero-order valence-electron chi connectivity index (χ0n) is 9.09. The van der Waals surface area contributed by atoms with Crippen molar-refractivity contribution in [2.75, 3.05) is 13.3 Å². The van der Waals surface area contributed by atoms with Crippen molar-refractivity contribution in [1.29, 1.82) is 0 Å². The van der Waals surface area contributed by atoms with Gasteiger partial charge < -0.3 is 20.3 Å². The number of benzene rings is 1. The Morgan fingerprint density at radius 2 is 2.12 bits per heavy atom. The summed E-state index contributed by atoms with van der Waals surface area (Å²) in [7, 11) is 0. The van der Waals surface area contributed by atoms with Crippen LogP contribution in [0.15, 0.2) is 18.2 Å². The number of aliphatic carboxylic acids is 1. The van der Waals surface area contributed by atoms with E-state index in [1.807, 2.05) is 6.07 Å². The minimum atomic E-state index is -0.875. The van der Waals surface area contributed by atoms with Gasteiger partial charge >= 0.3 is 5.97 Å². The summed E-state index contributed by atoms with van der Waals surface area (Å²) in [6.45, 7) is 0.349. The lowest BCUT2D eigenvalue weighted by Crippen LogP contribution is -2.25. The molecule has 1 aliphatic rings. The molecule has 0 aromatic heterocycles. The van der Waals surface area contributed by atoms with Crippen LogP contribution in [-0.2, 0) is 11.2 Å². The highest BCUT2D eigenvalue weighted by Crippen LogP contribution is 2.33. The van der Waals surface area contributed by atoms with E-state index in [4.69, 9.17) is 20.3 Å². The smallest absolute Gasteiger partial charge is 0.308 e. The van der Waals surface area contributed by atoms with Crippen LogP contribution in [0.25, 0.3) is 0 Å². The van der Waals surface area contributed by atoms with Crippen molar-refractivity contribution in [2.45, 2.75) is 6.42 Å². The van der Waals surface area contributed by atoms with E-state index in [-0.39, 0.29) is 25.7 Å². The number of nitrogens with two attached hydrogens (primary N) is 1. The number of rotatable bonds is 4. The van der Waals surface area contributed by atoms with Crippen LogP contribution >= 0.6 is 12.4 Å². The first-order chi connectivity index (χ1) is 7.70. The fraction of sp³-hybridized carbons (Fsp3) is 0.364. The first-order valence-corrected chi connectivity index (χ1v) is 5.02. The van der Waals surface area contributed by atoms with Gasteiger partial charge in [0.25, 0.3) is 0 Å². The molecule has 6 heteroatoms. The second kappa shape index (κ2) is 5.75. The molecule has 1 aliphatic heterocycles. The summed E-state index contributed by atoms with van der Waals surface area (Å²) in [6, 6.07) is 5.42. The van der Waals surface area contributed by atoms with Gasteiger partial charge in [-0.1, -0.05) is 6.07 Å². The molecule has 1 unspecified atom stereocenters. The second-order valence-electron chi connectivity index (χ2n) is 3.66. The molecule has 94 valence electrons. The van der Waals surface area contributed by atoms with Gasteiger partial charge in [-0.25, -0.2) is 0 Å². The van der Waals surface area contributed by atoms with Crippen LogP contribution < -0.4 is 15.2 Å². The van der Waals surface area contributed by atoms with Gasteiger partial charge in [0.2, 0.25) is 6.79 Å². The van der Waals surface area contributed by atoms with Crippen molar-refractivity contribution >= 4 is 18.4 Å². The summed E-state index contributed by atoms with van der Waals surface area (Å²) in [5.41, 5.74) is 6.29. The Kier molecular flexibility index (Phi) is 4.60. The Labute approximate surface area is 105 Å². The Bertz CT molecular complexity index is 410. The van der Waals surface area contributed by atoms with Gasteiger partial charge in [0, 0.05) is 6.54 Å². The summed E-state index contributed by atoms with van der Waals surface area (Å²) in [6.07, 6.45) is 0.405. The molecule has 0 saturated heterocycles. The van der Waals surface area contributed by atoms with E-state index in [2.05, 4.69) is 0 Å². The van der Waals surface area contributed by atoms with Gasteiger partial charge in [-0.05, 0) is 24.1 Å². The Hall–Kier alpha value is -1.46. The van der Waals surface area contributed by atoms with Gasteiger partial charge in [0.1, 0.15) is 0 Å². The van der Waals surface area contributed by atoms with Gasteiger partial charge in [-0.15, -0.1) is 12.4 Å². The topological polar surface area (TPSA) is 81.8 Å². The lowest BCUT2D eigenvalue weighted by atomic mass is 9.99. The van der Waals surface area contributed by atoms with E-state index in [0.29, 0.717) is 17.9 Å². The van der Waals surface area contributed by atoms with Crippen molar-refractivity contribution in [3.63, 3.8) is 0 Å². The predicted molar refractivity (Wildman–Crippen MR) is 63.7 cm³/mol. The average molecular weight is 260 g/mol. The Balaban J connectivity index is 0.00000144. The monoisotopic (exact) mass is 259 g/mol. The Morgan fingerprint density at radius 3 is 2.76 bits per heavy atom. The largest absolute Gasteiger partial charge is 0.481 e. The van der Waals surface area contributed by atoms with Crippen LogP contribution in [0.5, 0.6) is 11.5 Å². The van der Waals surface area contributed by atoms with Crippen molar-refractivity contribution in [1.82, 2.24) is 0 Å². The second-order valence-corrected chi connectivity index (χ2v) is 3.66. The maximum Gasteiger partial charge on any atom is 0.308 e. The molecule has 1 heterocycles.